The van der Waals surface area contributed by atoms with Crippen molar-refractivity contribution in [1.82, 2.24) is 0 Å². The summed E-state index contributed by atoms with van der Waals surface area (Å²) in [6, 6.07) is 3.41. The topological polar surface area (TPSA) is 29.5 Å². The van der Waals surface area contributed by atoms with Crippen LogP contribution in [0.4, 0.5) is 13.2 Å². The van der Waals surface area contributed by atoms with E-state index in [9.17, 15) is 18.3 Å². The van der Waals surface area contributed by atoms with E-state index in [4.69, 9.17) is 4.74 Å². The molecule has 3 unspecified atom stereocenters. The molecule has 0 bridgehead atoms. The van der Waals surface area contributed by atoms with Crippen molar-refractivity contribution >= 4 is 0 Å². The zero-order valence-corrected chi connectivity index (χ0v) is 10.9. The Morgan fingerprint density at radius 2 is 2.00 bits per heavy atom. The summed E-state index contributed by atoms with van der Waals surface area (Å²) in [6.45, 7) is 3.50. The van der Waals surface area contributed by atoms with Crippen LogP contribution in [0.3, 0.4) is 0 Å². The lowest BCUT2D eigenvalue weighted by Gasteiger charge is -2.21. The van der Waals surface area contributed by atoms with Crippen LogP contribution in [0.15, 0.2) is 18.2 Å². The summed E-state index contributed by atoms with van der Waals surface area (Å²) >= 11 is 0. The predicted octanol–water partition coefficient (Wildman–Crippen LogP) is 3.61. The van der Waals surface area contributed by atoms with Gasteiger partial charge < -0.3 is 9.84 Å². The number of rotatable bonds is 2. The molecule has 1 fully saturated rings. The van der Waals surface area contributed by atoms with Crippen LogP contribution < -0.4 is 0 Å². The van der Waals surface area contributed by atoms with Gasteiger partial charge in [0.25, 0.3) is 0 Å². The van der Waals surface area contributed by atoms with E-state index in [-0.39, 0.29) is 12.2 Å². The lowest BCUT2D eigenvalue weighted by atomic mass is 9.96. The van der Waals surface area contributed by atoms with E-state index >= 15 is 0 Å². The molecule has 19 heavy (non-hydrogen) atoms. The molecule has 0 radical (unpaired) electrons. The summed E-state index contributed by atoms with van der Waals surface area (Å²) in [7, 11) is 0. The van der Waals surface area contributed by atoms with E-state index in [1.807, 2.05) is 6.92 Å². The molecule has 1 aromatic carbocycles. The van der Waals surface area contributed by atoms with E-state index < -0.39 is 17.8 Å². The SMILES string of the molecule is Cc1cc(C(F)(F)F)ccc1C(O)C1CCC(C)O1. The number of halogens is 3. The molecule has 106 valence electrons. The summed E-state index contributed by atoms with van der Waals surface area (Å²) in [5, 5.41) is 10.2. The first-order valence-corrected chi connectivity index (χ1v) is 6.30. The first-order valence-electron chi connectivity index (χ1n) is 6.30. The van der Waals surface area contributed by atoms with E-state index in [0.29, 0.717) is 11.1 Å². The Bertz CT molecular complexity index is 456. The van der Waals surface area contributed by atoms with Gasteiger partial charge in [-0.2, -0.15) is 13.2 Å². The summed E-state index contributed by atoms with van der Waals surface area (Å²) < 4.78 is 43.3. The molecule has 0 amide bonds. The van der Waals surface area contributed by atoms with Crippen molar-refractivity contribution < 1.29 is 23.0 Å². The fourth-order valence-electron chi connectivity index (χ4n) is 2.45. The minimum Gasteiger partial charge on any atom is -0.386 e. The third-order valence-electron chi connectivity index (χ3n) is 3.53. The normalized spacial score (nSPS) is 25.6. The fourth-order valence-corrected chi connectivity index (χ4v) is 2.45. The van der Waals surface area contributed by atoms with Gasteiger partial charge in [0, 0.05) is 0 Å². The summed E-state index contributed by atoms with van der Waals surface area (Å²) in [5.41, 5.74) is 0.249. The number of benzene rings is 1. The number of aliphatic hydroxyl groups excluding tert-OH is 1. The van der Waals surface area contributed by atoms with E-state index in [2.05, 4.69) is 0 Å². The van der Waals surface area contributed by atoms with Gasteiger partial charge in [-0.05, 0) is 49.9 Å². The van der Waals surface area contributed by atoms with Crippen molar-refractivity contribution in [1.29, 1.82) is 0 Å². The van der Waals surface area contributed by atoms with Gasteiger partial charge in [-0.1, -0.05) is 6.07 Å². The number of hydrogen-bond donors (Lipinski definition) is 1. The molecule has 1 N–H and O–H groups in total. The molecule has 1 aliphatic heterocycles. The largest absolute Gasteiger partial charge is 0.416 e. The zero-order chi connectivity index (χ0) is 14.2. The average molecular weight is 274 g/mol. The van der Waals surface area contributed by atoms with Crippen LogP contribution in [-0.2, 0) is 10.9 Å². The number of aryl methyl sites for hydroxylation is 1. The Kier molecular flexibility index (Phi) is 3.87. The molecule has 5 heteroatoms. The molecular weight excluding hydrogens is 257 g/mol. The van der Waals surface area contributed by atoms with Crippen molar-refractivity contribution in [2.45, 2.75) is 51.2 Å². The van der Waals surface area contributed by atoms with Crippen LogP contribution in [-0.4, -0.2) is 17.3 Å². The maximum absolute atomic E-state index is 12.6. The Hall–Kier alpha value is -1.07. The Morgan fingerprint density at radius 3 is 2.47 bits per heavy atom. The zero-order valence-electron chi connectivity index (χ0n) is 10.9. The van der Waals surface area contributed by atoms with E-state index in [1.54, 1.807) is 6.92 Å². The molecule has 0 aliphatic carbocycles. The Morgan fingerprint density at radius 1 is 1.32 bits per heavy atom. The van der Waals surface area contributed by atoms with Crippen molar-refractivity contribution in [2.24, 2.45) is 0 Å². The summed E-state index contributed by atoms with van der Waals surface area (Å²) in [5.74, 6) is 0. The maximum atomic E-state index is 12.6. The highest BCUT2D eigenvalue weighted by Crippen LogP contribution is 2.35. The molecule has 1 heterocycles. The maximum Gasteiger partial charge on any atom is 0.416 e. The molecule has 1 aromatic rings. The van der Waals surface area contributed by atoms with Gasteiger partial charge in [-0.15, -0.1) is 0 Å². The van der Waals surface area contributed by atoms with Crippen molar-refractivity contribution in [3.8, 4) is 0 Å². The average Bonchev–Trinajstić information content (AvgIpc) is 2.73. The fraction of sp³-hybridized carbons (Fsp3) is 0.571. The van der Waals surface area contributed by atoms with Gasteiger partial charge in [0.1, 0.15) is 6.10 Å². The van der Waals surface area contributed by atoms with Gasteiger partial charge in [0.05, 0.1) is 17.8 Å². The van der Waals surface area contributed by atoms with E-state index in [1.165, 1.54) is 6.07 Å². The Balaban J connectivity index is 2.21. The number of ether oxygens (including phenoxy) is 1. The monoisotopic (exact) mass is 274 g/mol. The van der Waals surface area contributed by atoms with Crippen LogP contribution >= 0.6 is 0 Å². The molecule has 0 spiro atoms. The highest BCUT2D eigenvalue weighted by atomic mass is 19.4. The second-order valence-electron chi connectivity index (χ2n) is 5.08. The second kappa shape index (κ2) is 5.13. The third kappa shape index (κ3) is 3.09. The first kappa shape index (κ1) is 14.3. The van der Waals surface area contributed by atoms with Gasteiger partial charge in [0.15, 0.2) is 0 Å². The van der Waals surface area contributed by atoms with Crippen LogP contribution in [0.2, 0.25) is 0 Å². The molecule has 1 aliphatic rings. The minimum absolute atomic E-state index is 0.0920. The lowest BCUT2D eigenvalue weighted by molar-refractivity contribution is -0.137. The van der Waals surface area contributed by atoms with Gasteiger partial charge in [-0.25, -0.2) is 0 Å². The van der Waals surface area contributed by atoms with Crippen LogP contribution in [0.1, 0.15) is 42.6 Å². The minimum atomic E-state index is -4.35. The molecule has 2 rings (SSSR count). The molecule has 2 nitrogen and oxygen atoms in total. The molecule has 3 atom stereocenters. The predicted molar refractivity (Wildman–Crippen MR) is 64.7 cm³/mol. The number of hydrogen-bond acceptors (Lipinski definition) is 2. The van der Waals surface area contributed by atoms with E-state index in [0.717, 1.165) is 25.0 Å². The van der Waals surface area contributed by atoms with Crippen molar-refractivity contribution in [3.05, 3.63) is 34.9 Å². The van der Waals surface area contributed by atoms with Gasteiger partial charge in [-0.3, -0.25) is 0 Å². The van der Waals surface area contributed by atoms with Crippen molar-refractivity contribution in [3.63, 3.8) is 0 Å². The number of alkyl halides is 3. The smallest absolute Gasteiger partial charge is 0.386 e. The third-order valence-corrected chi connectivity index (χ3v) is 3.53. The van der Waals surface area contributed by atoms with Crippen LogP contribution in [0, 0.1) is 6.92 Å². The highest BCUT2D eigenvalue weighted by molar-refractivity contribution is 5.34. The highest BCUT2D eigenvalue weighted by Gasteiger charge is 2.33. The second-order valence-corrected chi connectivity index (χ2v) is 5.08. The molecular formula is C14H17F3O2. The molecule has 0 saturated carbocycles. The van der Waals surface area contributed by atoms with Gasteiger partial charge >= 0.3 is 6.18 Å². The standard InChI is InChI=1S/C14H17F3O2/c1-8-7-10(14(15,16)17)4-5-11(8)13(18)12-6-3-9(2)19-12/h4-5,7,9,12-13,18H,3,6H2,1-2H3. The molecule has 1 saturated heterocycles. The summed E-state index contributed by atoms with van der Waals surface area (Å²) in [4.78, 5) is 0. The lowest BCUT2D eigenvalue weighted by Crippen LogP contribution is -2.19. The Labute approximate surface area is 110 Å². The number of aliphatic hydroxyl groups is 1. The quantitative estimate of drug-likeness (QED) is 0.892. The molecule has 0 aromatic heterocycles. The summed E-state index contributed by atoms with van der Waals surface area (Å²) in [6.07, 6.45) is -3.87. The van der Waals surface area contributed by atoms with Crippen LogP contribution in [0.5, 0.6) is 0 Å². The van der Waals surface area contributed by atoms with Crippen molar-refractivity contribution in [2.75, 3.05) is 0 Å². The first-order chi connectivity index (χ1) is 8.79. The van der Waals surface area contributed by atoms with Crippen LogP contribution in [0.25, 0.3) is 0 Å². The van der Waals surface area contributed by atoms with Gasteiger partial charge in [0.2, 0.25) is 0 Å².